The minimum absolute atomic E-state index is 0.0969. The van der Waals surface area contributed by atoms with Crippen molar-refractivity contribution < 1.29 is 32.5 Å². The van der Waals surface area contributed by atoms with Gasteiger partial charge < -0.3 is 29.6 Å². The maximum absolute atomic E-state index is 15.1. The minimum atomic E-state index is -1.01. The van der Waals surface area contributed by atoms with Crippen LogP contribution in [0, 0.1) is 11.6 Å². The lowest BCUT2D eigenvalue weighted by molar-refractivity contribution is 0.102. The number of hydrogen-bond donors (Lipinski definition) is 2. The summed E-state index contributed by atoms with van der Waals surface area (Å²) in [5.41, 5.74) is 0.530. The molecule has 0 saturated heterocycles. The van der Waals surface area contributed by atoms with Crippen molar-refractivity contribution in [2.75, 3.05) is 39.2 Å². The zero-order chi connectivity index (χ0) is 28.5. The zero-order valence-corrected chi connectivity index (χ0v) is 22.4. The highest BCUT2D eigenvalue weighted by molar-refractivity contribution is 6.06. The van der Waals surface area contributed by atoms with Gasteiger partial charge in [-0.3, -0.25) is 14.8 Å². The Kier molecular flexibility index (Phi) is 9.63. The van der Waals surface area contributed by atoms with Crippen molar-refractivity contribution in [3.05, 3.63) is 72.2 Å². The third-order valence-corrected chi connectivity index (χ3v) is 5.85. The first kappa shape index (κ1) is 28.5. The molecule has 1 amide bonds. The molecule has 210 valence electrons. The lowest BCUT2D eigenvalue weighted by atomic mass is 10.1. The molecule has 0 saturated carbocycles. The Morgan fingerprint density at radius 2 is 1.70 bits per heavy atom. The summed E-state index contributed by atoms with van der Waals surface area (Å²) >= 11 is 0. The van der Waals surface area contributed by atoms with Crippen molar-refractivity contribution in [2.45, 2.75) is 19.8 Å². The number of carbonyl (C=O) groups excluding carboxylic acids is 1. The standard InChI is InChI=1S/C29H30F2N4O5/c1-4-5-11-38-24-6-8-33-17-20(24)29(36)35-18-13-21(30)28(22(31)14-18)40-25-7-9-34-23-16-27(39-12-10-32-2)26(37-3)15-19(23)25/h6-9,13-17,32H,4-5,10-12H2,1-3H3,(H,35,36). The Labute approximate surface area is 230 Å². The summed E-state index contributed by atoms with van der Waals surface area (Å²) in [5, 5.41) is 5.95. The molecule has 0 fully saturated rings. The van der Waals surface area contributed by atoms with E-state index in [1.807, 2.05) is 14.0 Å². The van der Waals surface area contributed by atoms with E-state index in [1.54, 1.807) is 18.2 Å². The molecule has 0 bridgehead atoms. The molecule has 0 unspecified atom stereocenters. The van der Waals surface area contributed by atoms with Crippen LogP contribution >= 0.6 is 0 Å². The summed E-state index contributed by atoms with van der Waals surface area (Å²) < 4.78 is 52.7. The van der Waals surface area contributed by atoms with Gasteiger partial charge in [0.1, 0.15) is 18.1 Å². The monoisotopic (exact) mass is 552 g/mol. The number of nitrogens with one attached hydrogen (secondary N) is 2. The van der Waals surface area contributed by atoms with Gasteiger partial charge in [0.05, 0.1) is 24.8 Å². The fourth-order valence-corrected chi connectivity index (χ4v) is 3.80. The first-order valence-electron chi connectivity index (χ1n) is 12.7. The van der Waals surface area contributed by atoms with E-state index in [-0.39, 0.29) is 17.0 Å². The van der Waals surface area contributed by atoms with E-state index in [0.29, 0.717) is 47.9 Å². The number of amides is 1. The number of fused-ring (bicyclic) bond motifs is 1. The fourth-order valence-electron chi connectivity index (χ4n) is 3.80. The maximum atomic E-state index is 15.1. The number of hydrogen-bond acceptors (Lipinski definition) is 8. The van der Waals surface area contributed by atoms with Crippen LogP contribution in [-0.2, 0) is 0 Å². The van der Waals surface area contributed by atoms with Gasteiger partial charge >= 0.3 is 0 Å². The van der Waals surface area contributed by atoms with Gasteiger partial charge in [0, 0.05) is 54.4 Å². The summed E-state index contributed by atoms with van der Waals surface area (Å²) in [6.07, 6.45) is 6.03. The molecule has 40 heavy (non-hydrogen) atoms. The number of benzene rings is 2. The Balaban J connectivity index is 1.56. The number of halogens is 2. The number of unbranched alkanes of at least 4 members (excludes halogenated alkanes) is 1. The molecule has 0 radical (unpaired) electrons. The molecule has 11 heteroatoms. The number of pyridine rings is 2. The molecule has 2 heterocycles. The molecule has 0 aliphatic rings. The van der Waals surface area contributed by atoms with Gasteiger partial charge in [-0.1, -0.05) is 13.3 Å². The SMILES string of the molecule is CCCCOc1ccncc1C(=O)Nc1cc(F)c(Oc2ccnc3cc(OCCNC)c(OC)cc23)c(F)c1. The van der Waals surface area contributed by atoms with E-state index in [2.05, 4.69) is 20.6 Å². The van der Waals surface area contributed by atoms with Crippen molar-refractivity contribution in [1.82, 2.24) is 15.3 Å². The van der Waals surface area contributed by atoms with Crippen molar-refractivity contribution >= 4 is 22.5 Å². The molecule has 0 atom stereocenters. The third-order valence-electron chi connectivity index (χ3n) is 5.85. The van der Waals surface area contributed by atoms with Crippen molar-refractivity contribution in [1.29, 1.82) is 0 Å². The smallest absolute Gasteiger partial charge is 0.261 e. The summed E-state index contributed by atoms with van der Waals surface area (Å²) in [5.74, 6) is -1.90. The van der Waals surface area contributed by atoms with Gasteiger partial charge in [0.2, 0.25) is 0 Å². The number of anilines is 1. The van der Waals surface area contributed by atoms with Crippen molar-refractivity contribution in [3.63, 3.8) is 0 Å². The molecule has 4 aromatic rings. The number of ether oxygens (including phenoxy) is 4. The summed E-state index contributed by atoms with van der Waals surface area (Å²) in [7, 11) is 3.30. The highest BCUT2D eigenvalue weighted by atomic mass is 19.1. The van der Waals surface area contributed by atoms with Crippen LogP contribution in [0.25, 0.3) is 10.9 Å². The van der Waals surface area contributed by atoms with Gasteiger partial charge in [-0.05, 0) is 31.7 Å². The Morgan fingerprint density at radius 1 is 0.950 bits per heavy atom. The van der Waals surface area contributed by atoms with Crippen LogP contribution in [0.5, 0.6) is 28.7 Å². The van der Waals surface area contributed by atoms with Crippen molar-refractivity contribution in [3.8, 4) is 28.7 Å². The van der Waals surface area contributed by atoms with Crippen molar-refractivity contribution in [2.24, 2.45) is 0 Å². The van der Waals surface area contributed by atoms with Crippen LogP contribution in [-0.4, -0.2) is 49.8 Å². The second kappa shape index (κ2) is 13.5. The lowest BCUT2D eigenvalue weighted by Crippen LogP contribution is -2.16. The van der Waals surface area contributed by atoms with Gasteiger partial charge in [-0.25, -0.2) is 8.78 Å². The topological polar surface area (TPSA) is 104 Å². The van der Waals surface area contributed by atoms with E-state index in [0.717, 1.165) is 25.0 Å². The normalized spacial score (nSPS) is 10.8. The molecular formula is C29H30F2N4O5. The molecule has 2 aromatic carbocycles. The highest BCUT2D eigenvalue weighted by Gasteiger charge is 2.19. The van der Waals surface area contributed by atoms with Crippen LogP contribution < -0.4 is 29.6 Å². The van der Waals surface area contributed by atoms with E-state index in [1.165, 1.54) is 31.8 Å². The number of methoxy groups -OCH3 is 1. The minimum Gasteiger partial charge on any atom is -0.493 e. The first-order valence-corrected chi connectivity index (χ1v) is 12.7. The predicted octanol–water partition coefficient (Wildman–Crippen LogP) is 5.74. The maximum Gasteiger partial charge on any atom is 0.261 e. The number of aromatic nitrogens is 2. The second-order valence-electron chi connectivity index (χ2n) is 8.68. The molecule has 2 N–H and O–H groups in total. The number of rotatable bonds is 13. The van der Waals surface area contributed by atoms with E-state index < -0.39 is 23.3 Å². The predicted molar refractivity (Wildman–Crippen MR) is 147 cm³/mol. The highest BCUT2D eigenvalue weighted by Crippen LogP contribution is 2.38. The average molecular weight is 553 g/mol. The molecule has 0 spiro atoms. The van der Waals surface area contributed by atoms with E-state index in [4.69, 9.17) is 18.9 Å². The lowest BCUT2D eigenvalue weighted by Gasteiger charge is -2.15. The molecular weight excluding hydrogens is 522 g/mol. The molecule has 9 nitrogen and oxygen atoms in total. The van der Waals surface area contributed by atoms with Crippen LogP contribution in [0.4, 0.5) is 14.5 Å². The Hall–Kier alpha value is -4.51. The zero-order valence-electron chi connectivity index (χ0n) is 22.4. The van der Waals surface area contributed by atoms with Gasteiger partial charge in [-0.2, -0.15) is 0 Å². The van der Waals surface area contributed by atoms with Crippen LogP contribution in [0.15, 0.2) is 55.0 Å². The van der Waals surface area contributed by atoms with Gasteiger partial charge in [0.25, 0.3) is 5.91 Å². The van der Waals surface area contributed by atoms with E-state index >= 15 is 8.78 Å². The largest absolute Gasteiger partial charge is 0.493 e. The summed E-state index contributed by atoms with van der Waals surface area (Å²) in [4.78, 5) is 21.1. The Morgan fingerprint density at radius 3 is 2.42 bits per heavy atom. The first-order chi connectivity index (χ1) is 19.4. The van der Waals surface area contributed by atoms with Gasteiger partial charge in [-0.15, -0.1) is 0 Å². The summed E-state index contributed by atoms with van der Waals surface area (Å²) in [6.45, 7) is 3.48. The number of carbonyl (C=O) groups is 1. The Bertz CT molecular complexity index is 1460. The molecule has 0 aliphatic carbocycles. The fraction of sp³-hybridized carbons (Fsp3) is 0.276. The number of nitrogens with zero attached hydrogens (tertiary/aromatic N) is 2. The second-order valence-corrected chi connectivity index (χ2v) is 8.68. The summed E-state index contributed by atoms with van der Waals surface area (Å²) in [6, 6.07) is 8.30. The third kappa shape index (κ3) is 6.73. The molecule has 2 aromatic heterocycles. The molecule has 0 aliphatic heterocycles. The average Bonchev–Trinajstić information content (AvgIpc) is 2.95. The van der Waals surface area contributed by atoms with Crippen LogP contribution in [0.1, 0.15) is 30.1 Å². The van der Waals surface area contributed by atoms with Crippen LogP contribution in [0.2, 0.25) is 0 Å². The number of likely N-dealkylation sites (N-methyl/N-ethyl adjacent to an activating group) is 1. The van der Waals surface area contributed by atoms with Crippen LogP contribution in [0.3, 0.4) is 0 Å². The molecule has 4 rings (SSSR count). The quantitative estimate of drug-likeness (QED) is 0.203. The van der Waals surface area contributed by atoms with Gasteiger partial charge in [0.15, 0.2) is 28.9 Å². The van der Waals surface area contributed by atoms with E-state index in [9.17, 15) is 4.79 Å².